The van der Waals surface area contributed by atoms with Crippen molar-refractivity contribution in [1.82, 2.24) is 0 Å². The second-order valence-electron chi connectivity index (χ2n) is 17.9. The first kappa shape index (κ1) is 65.5. The van der Waals surface area contributed by atoms with E-state index >= 15 is 0 Å². The van der Waals surface area contributed by atoms with E-state index < -0.39 is 6.10 Å². The van der Waals surface area contributed by atoms with E-state index in [-0.39, 0.29) is 25.2 Å². The van der Waals surface area contributed by atoms with Crippen molar-refractivity contribution in [3.05, 3.63) is 158 Å². The summed E-state index contributed by atoms with van der Waals surface area (Å²) in [5, 5.41) is 9.66. The molecule has 0 aromatic carbocycles. The minimum Gasteiger partial charge on any atom is -0.462 e. The Bertz CT molecular complexity index is 1560. The predicted octanol–water partition coefficient (Wildman–Crippen LogP) is 19.2. The quantitative estimate of drug-likeness (QED) is 0.0374. The average Bonchev–Trinajstić information content (AvgIpc) is 3.36. The van der Waals surface area contributed by atoms with Crippen LogP contribution in [0.1, 0.15) is 219 Å². The van der Waals surface area contributed by atoms with E-state index in [4.69, 9.17) is 9.47 Å². The number of rotatable bonds is 49. The number of hydrogen-bond donors (Lipinski definition) is 1. The van der Waals surface area contributed by atoms with Crippen LogP contribution in [0.4, 0.5) is 0 Å². The van der Waals surface area contributed by atoms with Crippen LogP contribution in [-0.2, 0) is 19.1 Å². The molecular weight excluding hydrogens is 861 g/mol. The van der Waals surface area contributed by atoms with Gasteiger partial charge in [0.05, 0.1) is 6.61 Å². The van der Waals surface area contributed by atoms with Crippen LogP contribution in [0.25, 0.3) is 0 Å². The molecule has 0 saturated heterocycles. The molecule has 392 valence electrons. The lowest BCUT2D eigenvalue weighted by Gasteiger charge is -2.15. The first-order valence-electron chi connectivity index (χ1n) is 28.0. The van der Waals surface area contributed by atoms with Crippen molar-refractivity contribution in [2.45, 2.75) is 225 Å². The zero-order valence-corrected chi connectivity index (χ0v) is 44.7. The van der Waals surface area contributed by atoms with Gasteiger partial charge in [-0.2, -0.15) is 0 Å². The van der Waals surface area contributed by atoms with Gasteiger partial charge in [0.1, 0.15) is 6.61 Å². The fourth-order valence-corrected chi connectivity index (χ4v) is 7.18. The third-order valence-electron chi connectivity index (χ3n) is 11.3. The van der Waals surface area contributed by atoms with Crippen molar-refractivity contribution in [1.29, 1.82) is 0 Å². The number of esters is 2. The Balaban J connectivity index is 3.63. The molecule has 0 rings (SSSR count). The lowest BCUT2D eigenvalue weighted by atomic mass is 10.1. The number of carbonyl (C=O) groups is 2. The zero-order chi connectivity index (χ0) is 50.6. The summed E-state index contributed by atoms with van der Waals surface area (Å²) in [4.78, 5) is 24.5. The Morgan fingerprint density at radius 2 is 0.571 bits per heavy atom. The third-order valence-corrected chi connectivity index (χ3v) is 11.3. The van der Waals surface area contributed by atoms with Gasteiger partial charge in [0.2, 0.25) is 0 Å². The summed E-state index contributed by atoms with van der Waals surface area (Å²) >= 11 is 0. The average molecular weight is 964 g/mol. The zero-order valence-electron chi connectivity index (χ0n) is 44.7. The molecule has 1 unspecified atom stereocenters. The van der Waals surface area contributed by atoms with E-state index in [1.165, 1.54) is 57.8 Å². The molecule has 0 amide bonds. The highest BCUT2D eigenvalue weighted by Crippen LogP contribution is 2.13. The number of carbonyl (C=O) groups excluding carboxylic acids is 2. The highest BCUT2D eigenvalue weighted by molar-refractivity contribution is 5.70. The molecule has 1 N–H and O–H groups in total. The molecule has 0 spiro atoms. The Kier molecular flexibility index (Phi) is 55.1. The van der Waals surface area contributed by atoms with Crippen molar-refractivity contribution in [2.75, 3.05) is 13.2 Å². The highest BCUT2D eigenvalue weighted by atomic mass is 16.6. The van der Waals surface area contributed by atoms with Crippen LogP contribution in [0.5, 0.6) is 0 Å². The molecule has 0 bridgehead atoms. The monoisotopic (exact) mass is 963 g/mol. The van der Waals surface area contributed by atoms with Gasteiger partial charge in [-0.3, -0.25) is 9.59 Å². The molecule has 0 aromatic heterocycles. The van der Waals surface area contributed by atoms with E-state index in [0.717, 1.165) is 135 Å². The topological polar surface area (TPSA) is 72.8 Å². The van der Waals surface area contributed by atoms with E-state index in [1.54, 1.807) is 0 Å². The van der Waals surface area contributed by atoms with Crippen LogP contribution in [-0.4, -0.2) is 36.4 Å². The van der Waals surface area contributed by atoms with Crippen LogP contribution in [0, 0.1) is 0 Å². The number of allylic oxidation sites excluding steroid dienone is 26. The second-order valence-corrected chi connectivity index (χ2v) is 17.9. The molecule has 0 fully saturated rings. The van der Waals surface area contributed by atoms with Gasteiger partial charge in [-0.25, -0.2) is 0 Å². The summed E-state index contributed by atoms with van der Waals surface area (Å²) in [5.41, 5.74) is 0. The maximum atomic E-state index is 12.3. The van der Waals surface area contributed by atoms with Crippen LogP contribution >= 0.6 is 0 Å². The van der Waals surface area contributed by atoms with Crippen molar-refractivity contribution in [3.8, 4) is 0 Å². The summed E-state index contributed by atoms with van der Waals surface area (Å²) < 4.78 is 10.7. The molecule has 0 aromatic rings. The Morgan fingerprint density at radius 1 is 0.329 bits per heavy atom. The minimum atomic E-state index is -0.796. The molecule has 70 heavy (non-hydrogen) atoms. The smallest absolute Gasteiger partial charge is 0.306 e. The minimum absolute atomic E-state index is 0.0860. The lowest BCUT2D eigenvalue weighted by Crippen LogP contribution is -2.28. The maximum absolute atomic E-state index is 12.3. The summed E-state index contributed by atoms with van der Waals surface area (Å²) in [7, 11) is 0. The van der Waals surface area contributed by atoms with Crippen LogP contribution < -0.4 is 0 Å². The van der Waals surface area contributed by atoms with Gasteiger partial charge >= 0.3 is 11.9 Å². The van der Waals surface area contributed by atoms with E-state index in [9.17, 15) is 14.7 Å². The molecule has 5 heteroatoms. The molecule has 0 radical (unpaired) electrons. The molecule has 0 aliphatic heterocycles. The summed E-state index contributed by atoms with van der Waals surface area (Å²) in [5.74, 6) is -0.625. The molecule has 0 aliphatic carbocycles. The Morgan fingerprint density at radius 3 is 0.857 bits per heavy atom. The van der Waals surface area contributed by atoms with Crippen LogP contribution in [0.3, 0.4) is 0 Å². The van der Waals surface area contributed by atoms with Crippen molar-refractivity contribution in [3.63, 3.8) is 0 Å². The van der Waals surface area contributed by atoms with Crippen LogP contribution in [0.15, 0.2) is 158 Å². The second kappa shape index (κ2) is 58.8. The van der Waals surface area contributed by atoms with Gasteiger partial charge in [-0.1, -0.05) is 242 Å². The summed E-state index contributed by atoms with van der Waals surface area (Å²) in [6.07, 6.45) is 90.5. The predicted molar refractivity (Wildman–Crippen MR) is 306 cm³/mol. The molecule has 0 heterocycles. The van der Waals surface area contributed by atoms with E-state index in [2.05, 4.69) is 172 Å². The van der Waals surface area contributed by atoms with Gasteiger partial charge < -0.3 is 14.6 Å². The van der Waals surface area contributed by atoms with Crippen LogP contribution in [0.2, 0.25) is 0 Å². The highest BCUT2D eigenvalue weighted by Gasteiger charge is 2.16. The molecule has 1 atom stereocenters. The van der Waals surface area contributed by atoms with Gasteiger partial charge in [-0.05, 0) is 122 Å². The first-order valence-corrected chi connectivity index (χ1v) is 28.0. The molecule has 0 saturated carbocycles. The van der Waals surface area contributed by atoms with E-state index in [0.29, 0.717) is 12.8 Å². The third kappa shape index (κ3) is 56.1. The van der Waals surface area contributed by atoms with E-state index in [1.807, 2.05) is 0 Å². The number of unbranched alkanes of at least 4 members (excludes halogenated alkanes) is 15. The normalized spacial score (nSPS) is 13.5. The maximum Gasteiger partial charge on any atom is 0.306 e. The fourth-order valence-electron chi connectivity index (χ4n) is 7.18. The fraction of sp³-hybridized carbons (Fsp3) is 0.569. The standard InChI is InChI=1S/C65H102O5/c1-3-5-7-9-11-13-15-17-19-21-23-25-27-29-31-32-34-36-38-40-42-44-46-48-50-52-54-56-58-60-65(68)70-63(61-66)62-69-64(67)59-57-55-53-51-49-47-45-43-41-39-37-35-33-30-28-26-24-22-20-18-16-14-12-10-8-6-4-2/h5-8,11-14,17-20,23-26,29-31,33-34,36-37,39-40,42,63,66H,3-4,9-10,15-16,21-22,27-28,32,35,38,41,43-62H2,1-2H3/b7-5-,8-6-,13-11-,14-12-,19-17-,20-18-,25-23-,26-24-,31-29-,33-30-,36-34-,39-37-,42-40-. The number of aliphatic hydroxyl groups excluding tert-OH is 1. The molecular formula is C65H102O5. The van der Waals surface area contributed by atoms with Gasteiger partial charge in [0, 0.05) is 12.8 Å². The first-order chi connectivity index (χ1) is 34.6. The van der Waals surface area contributed by atoms with Gasteiger partial charge in [-0.15, -0.1) is 0 Å². The van der Waals surface area contributed by atoms with Crippen molar-refractivity contribution >= 4 is 11.9 Å². The molecule has 0 aliphatic rings. The largest absolute Gasteiger partial charge is 0.462 e. The van der Waals surface area contributed by atoms with Gasteiger partial charge in [0.15, 0.2) is 6.10 Å². The van der Waals surface area contributed by atoms with Crippen molar-refractivity contribution in [2.24, 2.45) is 0 Å². The number of hydrogen-bond acceptors (Lipinski definition) is 5. The molecule has 5 nitrogen and oxygen atoms in total. The lowest BCUT2D eigenvalue weighted by molar-refractivity contribution is -0.161. The summed E-state index contributed by atoms with van der Waals surface area (Å²) in [6.45, 7) is 3.89. The summed E-state index contributed by atoms with van der Waals surface area (Å²) in [6, 6.07) is 0. The van der Waals surface area contributed by atoms with Gasteiger partial charge in [0.25, 0.3) is 0 Å². The Hall–Kier alpha value is -4.48. The SMILES string of the molecule is CC/C=C\C/C=C\C/C=C\C/C=C\C/C=C\C/C=C\C/C=C\CCCCCCCCCC(=O)OC(CO)COC(=O)CCCCCCCCCC/C=C\C/C=C\C/C=C\C/C=C\C/C=C\C/C=C\CC. The number of aliphatic hydroxyl groups is 1. The van der Waals surface area contributed by atoms with Crippen molar-refractivity contribution < 1.29 is 24.2 Å². The Labute approximate surface area is 430 Å². The number of ether oxygens (including phenoxy) is 2.